The number of hydrogen-bond acceptors (Lipinski definition) is 4. The molecule has 1 saturated carbocycles. The highest BCUT2D eigenvalue weighted by Gasteiger charge is 2.29. The Morgan fingerprint density at radius 3 is 3.07 bits per heavy atom. The minimum absolute atomic E-state index is 0.459. The van der Waals surface area contributed by atoms with Gasteiger partial charge in [0.1, 0.15) is 4.60 Å². The highest BCUT2D eigenvalue weighted by molar-refractivity contribution is 9.10. The third kappa shape index (κ3) is 2.46. The summed E-state index contributed by atoms with van der Waals surface area (Å²) in [7, 11) is 0. The molecule has 0 atom stereocenters. The average Bonchev–Trinajstić information content (AvgIpc) is 2.48. The molecule has 1 aliphatic carbocycles. The van der Waals surface area contributed by atoms with Crippen molar-refractivity contribution in [2.75, 3.05) is 11.9 Å². The SMILES string of the molecule is CCOC1CC(Nc2nc(Br)cs2)C1. The smallest absolute Gasteiger partial charge is 0.183 e. The van der Waals surface area contributed by atoms with Crippen LogP contribution in [0.2, 0.25) is 0 Å². The molecule has 0 aromatic carbocycles. The monoisotopic (exact) mass is 276 g/mol. The van der Waals surface area contributed by atoms with Crippen molar-refractivity contribution >= 4 is 32.4 Å². The Labute approximate surface area is 96.0 Å². The van der Waals surface area contributed by atoms with Gasteiger partial charge in [-0.3, -0.25) is 0 Å². The zero-order valence-electron chi connectivity index (χ0n) is 8.00. The molecule has 78 valence electrons. The van der Waals surface area contributed by atoms with Gasteiger partial charge in [-0.25, -0.2) is 4.98 Å². The van der Waals surface area contributed by atoms with Gasteiger partial charge in [-0.05, 0) is 35.7 Å². The van der Waals surface area contributed by atoms with Crippen molar-refractivity contribution in [1.29, 1.82) is 0 Å². The number of aromatic nitrogens is 1. The van der Waals surface area contributed by atoms with E-state index in [-0.39, 0.29) is 0 Å². The van der Waals surface area contributed by atoms with Gasteiger partial charge in [-0.2, -0.15) is 0 Å². The normalized spacial score (nSPS) is 25.9. The minimum Gasteiger partial charge on any atom is -0.378 e. The zero-order chi connectivity index (χ0) is 9.97. The second kappa shape index (κ2) is 4.59. The Balaban J connectivity index is 1.74. The first-order valence-electron chi connectivity index (χ1n) is 4.77. The number of hydrogen-bond donors (Lipinski definition) is 1. The van der Waals surface area contributed by atoms with E-state index in [4.69, 9.17) is 4.74 Å². The van der Waals surface area contributed by atoms with Crippen LogP contribution in [0.4, 0.5) is 5.13 Å². The van der Waals surface area contributed by atoms with Gasteiger partial charge >= 0.3 is 0 Å². The van der Waals surface area contributed by atoms with Gasteiger partial charge in [-0.15, -0.1) is 11.3 Å². The summed E-state index contributed by atoms with van der Waals surface area (Å²) in [6.07, 6.45) is 2.66. The molecule has 0 bridgehead atoms. The fourth-order valence-corrected chi connectivity index (χ4v) is 2.77. The molecular weight excluding hydrogens is 264 g/mol. The van der Waals surface area contributed by atoms with Crippen LogP contribution in [-0.4, -0.2) is 23.7 Å². The molecule has 1 aliphatic rings. The standard InChI is InChI=1S/C9H13BrN2OS/c1-2-13-7-3-6(4-7)11-9-12-8(10)5-14-9/h5-7H,2-4H2,1H3,(H,11,12). The third-order valence-electron chi connectivity index (χ3n) is 2.30. The number of anilines is 1. The van der Waals surface area contributed by atoms with Crippen molar-refractivity contribution in [3.63, 3.8) is 0 Å². The van der Waals surface area contributed by atoms with E-state index in [0.717, 1.165) is 29.2 Å². The maximum absolute atomic E-state index is 5.48. The van der Waals surface area contributed by atoms with E-state index in [2.05, 4.69) is 26.2 Å². The molecule has 1 fully saturated rings. The summed E-state index contributed by atoms with van der Waals surface area (Å²) >= 11 is 4.97. The Morgan fingerprint density at radius 1 is 1.71 bits per heavy atom. The van der Waals surface area contributed by atoms with Gasteiger partial charge in [0.2, 0.25) is 0 Å². The lowest BCUT2D eigenvalue weighted by molar-refractivity contribution is 0.00299. The molecule has 1 aromatic heterocycles. The van der Waals surface area contributed by atoms with Crippen LogP contribution < -0.4 is 5.32 Å². The molecule has 5 heteroatoms. The van der Waals surface area contributed by atoms with Crippen molar-refractivity contribution in [3.8, 4) is 0 Å². The number of halogens is 1. The molecule has 3 nitrogen and oxygen atoms in total. The number of nitrogens with one attached hydrogen (secondary N) is 1. The van der Waals surface area contributed by atoms with E-state index in [0.29, 0.717) is 12.1 Å². The lowest BCUT2D eigenvalue weighted by Crippen LogP contribution is -2.40. The number of nitrogens with zero attached hydrogens (tertiary/aromatic N) is 1. The van der Waals surface area contributed by atoms with Crippen molar-refractivity contribution in [2.24, 2.45) is 0 Å². The molecule has 0 spiro atoms. The van der Waals surface area contributed by atoms with E-state index >= 15 is 0 Å². The lowest BCUT2D eigenvalue weighted by atomic mass is 9.89. The zero-order valence-corrected chi connectivity index (χ0v) is 10.4. The Bertz CT molecular complexity index is 299. The molecule has 0 radical (unpaired) electrons. The first-order chi connectivity index (χ1) is 6.78. The molecule has 14 heavy (non-hydrogen) atoms. The highest BCUT2D eigenvalue weighted by Crippen LogP contribution is 2.28. The Kier molecular flexibility index (Phi) is 3.41. The van der Waals surface area contributed by atoms with Crippen molar-refractivity contribution in [1.82, 2.24) is 4.98 Å². The van der Waals surface area contributed by atoms with Gasteiger partial charge < -0.3 is 10.1 Å². The third-order valence-corrected chi connectivity index (χ3v) is 3.78. The summed E-state index contributed by atoms with van der Waals surface area (Å²) in [5, 5.41) is 6.37. The second-order valence-corrected chi connectivity index (χ2v) is 5.04. The summed E-state index contributed by atoms with van der Waals surface area (Å²) in [4.78, 5) is 4.29. The van der Waals surface area contributed by atoms with Crippen LogP contribution in [-0.2, 0) is 4.74 Å². The first kappa shape index (κ1) is 10.4. The first-order valence-corrected chi connectivity index (χ1v) is 6.44. The highest BCUT2D eigenvalue weighted by atomic mass is 79.9. The summed E-state index contributed by atoms with van der Waals surface area (Å²) < 4.78 is 6.39. The Morgan fingerprint density at radius 2 is 2.50 bits per heavy atom. The molecule has 1 heterocycles. The summed E-state index contributed by atoms with van der Waals surface area (Å²) in [6.45, 7) is 2.86. The fraction of sp³-hybridized carbons (Fsp3) is 0.667. The summed E-state index contributed by atoms with van der Waals surface area (Å²) in [6, 6.07) is 0.546. The lowest BCUT2D eigenvalue weighted by Gasteiger charge is -2.35. The minimum atomic E-state index is 0.459. The predicted molar refractivity (Wildman–Crippen MR) is 61.9 cm³/mol. The summed E-state index contributed by atoms with van der Waals surface area (Å²) in [5.41, 5.74) is 0. The van der Waals surface area contributed by atoms with Crippen LogP contribution in [0.25, 0.3) is 0 Å². The van der Waals surface area contributed by atoms with Crippen LogP contribution in [0.15, 0.2) is 9.98 Å². The summed E-state index contributed by atoms with van der Waals surface area (Å²) in [5.74, 6) is 0. The second-order valence-electron chi connectivity index (χ2n) is 3.37. The number of rotatable bonds is 4. The van der Waals surface area contributed by atoms with E-state index in [1.807, 2.05) is 12.3 Å². The predicted octanol–water partition coefficient (Wildman–Crippen LogP) is 2.89. The molecule has 0 amide bonds. The van der Waals surface area contributed by atoms with Crippen molar-refractivity contribution < 1.29 is 4.74 Å². The largest absolute Gasteiger partial charge is 0.378 e. The average molecular weight is 277 g/mol. The van der Waals surface area contributed by atoms with Gasteiger partial charge in [0.25, 0.3) is 0 Å². The van der Waals surface area contributed by atoms with Crippen LogP contribution >= 0.6 is 27.3 Å². The van der Waals surface area contributed by atoms with Crippen LogP contribution in [0, 0.1) is 0 Å². The maximum Gasteiger partial charge on any atom is 0.183 e. The topological polar surface area (TPSA) is 34.1 Å². The number of ether oxygens (including phenoxy) is 1. The van der Waals surface area contributed by atoms with E-state index in [1.165, 1.54) is 0 Å². The van der Waals surface area contributed by atoms with Crippen molar-refractivity contribution in [2.45, 2.75) is 31.9 Å². The van der Waals surface area contributed by atoms with Crippen molar-refractivity contribution in [3.05, 3.63) is 9.98 Å². The van der Waals surface area contributed by atoms with Gasteiger partial charge in [-0.1, -0.05) is 0 Å². The van der Waals surface area contributed by atoms with Crippen LogP contribution in [0.3, 0.4) is 0 Å². The molecule has 1 aromatic rings. The van der Waals surface area contributed by atoms with E-state index in [1.54, 1.807) is 11.3 Å². The quantitative estimate of drug-likeness (QED) is 0.918. The molecule has 2 rings (SSSR count). The van der Waals surface area contributed by atoms with E-state index < -0.39 is 0 Å². The van der Waals surface area contributed by atoms with Crippen LogP contribution in [0.5, 0.6) is 0 Å². The molecule has 1 N–H and O–H groups in total. The molecular formula is C9H13BrN2OS. The molecule has 0 aliphatic heterocycles. The number of thiazole rings is 1. The Hall–Kier alpha value is -0.130. The van der Waals surface area contributed by atoms with Gasteiger partial charge in [0, 0.05) is 18.0 Å². The molecule has 0 unspecified atom stereocenters. The maximum atomic E-state index is 5.48. The fourth-order valence-electron chi connectivity index (χ4n) is 1.55. The van der Waals surface area contributed by atoms with Gasteiger partial charge in [0.05, 0.1) is 6.10 Å². The van der Waals surface area contributed by atoms with Crippen LogP contribution in [0.1, 0.15) is 19.8 Å². The molecule has 0 saturated heterocycles. The van der Waals surface area contributed by atoms with Gasteiger partial charge in [0.15, 0.2) is 5.13 Å². The van der Waals surface area contributed by atoms with E-state index in [9.17, 15) is 0 Å².